The Labute approximate surface area is 218 Å². The summed E-state index contributed by atoms with van der Waals surface area (Å²) in [6.45, 7) is 0.599. The van der Waals surface area contributed by atoms with Crippen LogP contribution in [0, 0.1) is 0 Å². The Balaban J connectivity index is 1.36. The zero-order valence-electron chi connectivity index (χ0n) is 20.5. The monoisotopic (exact) mass is 512 g/mol. The summed E-state index contributed by atoms with van der Waals surface area (Å²) in [6, 6.07) is 24.3. The van der Waals surface area contributed by atoms with Crippen LogP contribution in [-0.4, -0.2) is 59.8 Å². The molecule has 4 atom stereocenters. The molecule has 1 aliphatic heterocycles. The lowest BCUT2D eigenvalue weighted by atomic mass is 10.0. The van der Waals surface area contributed by atoms with Gasteiger partial charge in [0.05, 0.1) is 12.9 Å². The molecule has 10 nitrogen and oxygen atoms in total. The van der Waals surface area contributed by atoms with Gasteiger partial charge in [0.25, 0.3) is 0 Å². The third kappa shape index (κ3) is 4.54. The number of aromatic nitrogens is 4. The highest BCUT2D eigenvalue weighted by Crippen LogP contribution is 2.33. The number of hydrogen-bond acceptors (Lipinski definition) is 9. The first-order valence-corrected chi connectivity index (χ1v) is 12.5. The van der Waals surface area contributed by atoms with Crippen LogP contribution in [0.15, 0.2) is 79.1 Å². The summed E-state index contributed by atoms with van der Waals surface area (Å²) in [5.41, 5.74) is 3.09. The Morgan fingerprint density at radius 2 is 1.63 bits per heavy atom. The van der Waals surface area contributed by atoms with Gasteiger partial charge in [-0.05, 0) is 21.9 Å². The number of aliphatic hydroxyl groups is 3. The van der Waals surface area contributed by atoms with Crippen molar-refractivity contribution in [1.82, 2.24) is 19.5 Å². The molecule has 0 amide bonds. The number of benzene rings is 3. The average molecular weight is 513 g/mol. The lowest BCUT2D eigenvalue weighted by Gasteiger charge is -2.17. The lowest BCUT2D eigenvalue weighted by molar-refractivity contribution is -0.0511. The predicted molar refractivity (Wildman–Crippen MR) is 143 cm³/mol. The summed E-state index contributed by atoms with van der Waals surface area (Å²) in [4.78, 5) is 13.9. The molecule has 0 saturated carbocycles. The van der Waals surface area contributed by atoms with Gasteiger partial charge in [-0.1, -0.05) is 72.8 Å². The third-order valence-corrected chi connectivity index (χ3v) is 6.83. The molecule has 5 aromatic rings. The van der Waals surface area contributed by atoms with Crippen molar-refractivity contribution < 1.29 is 20.1 Å². The quantitative estimate of drug-likeness (QED) is 0.212. The van der Waals surface area contributed by atoms with E-state index in [0.717, 1.165) is 21.9 Å². The van der Waals surface area contributed by atoms with Crippen molar-refractivity contribution in [2.75, 3.05) is 17.2 Å². The van der Waals surface area contributed by atoms with Crippen LogP contribution in [0.4, 0.5) is 11.8 Å². The van der Waals surface area contributed by atoms with Gasteiger partial charge in [0.15, 0.2) is 23.2 Å². The maximum absolute atomic E-state index is 10.6. The fraction of sp³-hybridized carbons (Fsp3) is 0.250. The van der Waals surface area contributed by atoms with Crippen molar-refractivity contribution in [1.29, 1.82) is 0 Å². The highest BCUT2D eigenvalue weighted by Gasteiger charge is 2.44. The Morgan fingerprint density at radius 1 is 0.842 bits per heavy atom. The van der Waals surface area contributed by atoms with E-state index >= 15 is 0 Å². The molecule has 0 bridgehead atoms. The minimum absolute atomic E-state index is 0.371. The minimum atomic E-state index is -1.26. The number of nitrogens with zero attached hydrogens (tertiary/aromatic N) is 4. The molecule has 10 heteroatoms. The van der Waals surface area contributed by atoms with E-state index in [4.69, 9.17) is 9.72 Å². The number of fused-ring (bicyclic) bond motifs is 2. The van der Waals surface area contributed by atoms with Gasteiger partial charge in [0.2, 0.25) is 5.95 Å². The molecule has 0 spiro atoms. The summed E-state index contributed by atoms with van der Waals surface area (Å²) in [5, 5.41) is 39.4. The van der Waals surface area contributed by atoms with Crippen LogP contribution in [0.5, 0.6) is 0 Å². The summed E-state index contributed by atoms with van der Waals surface area (Å²) >= 11 is 0. The maximum atomic E-state index is 10.6. The smallest absolute Gasteiger partial charge is 0.227 e. The topological polar surface area (TPSA) is 138 Å². The highest BCUT2D eigenvalue weighted by atomic mass is 16.6. The second-order valence-electron chi connectivity index (χ2n) is 9.28. The number of aliphatic hydroxyl groups excluding tert-OH is 3. The van der Waals surface area contributed by atoms with E-state index in [1.165, 1.54) is 6.33 Å². The SMILES string of the molecule is OC[C@H]1O[C@@H](n2cnc3c(NCc4cccc5ccccc45)nc(NCc4ccccc4)nc32)[C@H](O)[C@@H]1O. The second kappa shape index (κ2) is 10.3. The van der Waals surface area contributed by atoms with Crippen LogP contribution < -0.4 is 10.6 Å². The molecular formula is C28H28N6O4. The van der Waals surface area contributed by atoms with Gasteiger partial charge in [-0.25, -0.2) is 4.98 Å². The Bertz CT molecular complexity index is 1550. The molecule has 1 aliphatic rings. The molecule has 0 aliphatic carbocycles. The average Bonchev–Trinajstić information content (AvgIpc) is 3.51. The van der Waals surface area contributed by atoms with Crippen molar-refractivity contribution in [2.45, 2.75) is 37.6 Å². The molecule has 2 aromatic heterocycles. The molecule has 3 aromatic carbocycles. The molecule has 6 rings (SSSR count). The zero-order chi connectivity index (χ0) is 26.1. The summed E-state index contributed by atoms with van der Waals surface area (Å²) < 4.78 is 7.31. The van der Waals surface area contributed by atoms with E-state index < -0.39 is 31.1 Å². The predicted octanol–water partition coefficient (Wildman–Crippen LogP) is 2.82. The van der Waals surface area contributed by atoms with Gasteiger partial charge < -0.3 is 30.7 Å². The molecule has 1 fully saturated rings. The van der Waals surface area contributed by atoms with Crippen LogP contribution in [0.25, 0.3) is 21.9 Å². The highest BCUT2D eigenvalue weighted by molar-refractivity contribution is 5.87. The third-order valence-electron chi connectivity index (χ3n) is 6.83. The van der Waals surface area contributed by atoms with Gasteiger partial charge >= 0.3 is 0 Å². The maximum Gasteiger partial charge on any atom is 0.227 e. The Hall–Kier alpha value is -4.09. The zero-order valence-corrected chi connectivity index (χ0v) is 20.5. The van der Waals surface area contributed by atoms with Crippen LogP contribution in [0.2, 0.25) is 0 Å². The molecule has 0 radical (unpaired) electrons. The number of rotatable bonds is 8. The fourth-order valence-electron chi connectivity index (χ4n) is 4.82. The first-order chi connectivity index (χ1) is 18.6. The van der Waals surface area contributed by atoms with E-state index in [0.29, 0.717) is 36.0 Å². The van der Waals surface area contributed by atoms with Crippen molar-refractivity contribution in [3.8, 4) is 0 Å². The van der Waals surface area contributed by atoms with Gasteiger partial charge in [0, 0.05) is 13.1 Å². The number of hydrogen-bond donors (Lipinski definition) is 5. The fourth-order valence-corrected chi connectivity index (χ4v) is 4.82. The van der Waals surface area contributed by atoms with E-state index in [-0.39, 0.29) is 0 Å². The second-order valence-corrected chi connectivity index (χ2v) is 9.28. The summed E-state index contributed by atoms with van der Waals surface area (Å²) in [6.07, 6.45) is -2.86. The first-order valence-electron chi connectivity index (χ1n) is 12.5. The van der Waals surface area contributed by atoms with Gasteiger partial charge in [-0.2, -0.15) is 9.97 Å². The molecule has 38 heavy (non-hydrogen) atoms. The van der Waals surface area contributed by atoms with Crippen molar-refractivity contribution in [2.24, 2.45) is 0 Å². The van der Waals surface area contributed by atoms with Gasteiger partial charge in [0.1, 0.15) is 18.3 Å². The number of imidazole rings is 1. The van der Waals surface area contributed by atoms with Crippen molar-refractivity contribution in [3.05, 3.63) is 90.3 Å². The standard InChI is InChI=1S/C28H28N6O4/c35-15-21-23(36)24(37)27(38-21)34-16-31-22-25(29-14-19-11-6-10-18-9-4-5-12-20(18)19)32-28(33-26(22)34)30-13-17-7-2-1-3-8-17/h1-12,16,21,23-24,27,35-37H,13-15H2,(H2,29,30,32,33)/t21-,23-,24-,27-/m1/s1. The van der Waals surface area contributed by atoms with E-state index in [1.807, 2.05) is 48.5 Å². The van der Waals surface area contributed by atoms with E-state index in [9.17, 15) is 15.3 Å². The molecule has 0 unspecified atom stereocenters. The van der Waals surface area contributed by atoms with Crippen LogP contribution in [0.3, 0.4) is 0 Å². The summed E-state index contributed by atoms with van der Waals surface area (Å²) in [5.74, 6) is 0.888. The molecular weight excluding hydrogens is 484 g/mol. The molecule has 194 valence electrons. The van der Waals surface area contributed by atoms with Crippen LogP contribution >= 0.6 is 0 Å². The first kappa shape index (κ1) is 24.3. The van der Waals surface area contributed by atoms with Gasteiger partial charge in [-0.3, -0.25) is 4.57 Å². The molecule has 1 saturated heterocycles. The molecule has 3 heterocycles. The largest absolute Gasteiger partial charge is 0.394 e. The number of ether oxygens (including phenoxy) is 1. The van der Waals surface area contributed by atoms with Crippen LogP contribution in [0.1, 0.15) is 17.4 Å². The van der Waals surface area contributed by atoms with Gasteiger partial charge in [-0.15, -0.1) is 0 Å². The minimum Gasteiger partial charge on any atom is -0.394 e. The Morgan fingerprint density at radius 3 is 2.45 bits per heavy atom. The summed E-state index contributed by atoms with van der Waals surface area (Å²) in [7, 11) is 0. The number of anilines is 2. The van der Waals surface area contributed by atoms with Crippen molar-refractivity contribution in [3.63, 3.8) is 0 Å². The lowest BCUT2D eigenvalue weighted by Crippen LogP contribution is -2.33. The normalized spacial score (nSPS) is 21.2. The molecule has 5 N–H and O–H groups in total. The van der Waals surface area contributed by atoms with E-state index in [2.05, 4.69) is 44.9 Å². The Kier molecular flexibility index (Phi) is 6.61. The number of nitrogens with one attached hydrogen (secondary N) is 2. The van der Waals surface area contributed by atoms with Crippen LogP contribution in [-0.2, 0) is 17.8 Å². The van der Waals surface area contributed by atoms with E-state index in [1.54, 1.807) is 4.57 Å². The van der Waals surface area contributed by atoms with Crippen molar-refractivity contribution >= 4 is 33.7 Å².